The van der Waals surface area contributed by atoms with Gasteiger partial charge in [-0.3, -0.25) is 0 Å². The van der Waals surface area contributed by atoms with Crippen molar-refractivity contribution in [2.75, 3.05) is 0 Å². The topological polar surface area (TPSA) is 17.3 Å². The Morgan fingerprint density at radius 2 is 2.06 bits per heavy atom. The molecule has 0 radical (unpaired) electrons. The molecule has 1 fully saturated rings. The molecule has 0 N–H and O–H groups in total. The molecule has 0 saturated heterocycles. The molecule has 16 heavy (non-hydrogen) atoms. The third kappa shape index (κ3) is 1.77. The molecule has 0 aliphatic heterocycles. The Bertz CT molecular complexity index is 498. The second-order valence-electron chi connectivity index (χ2n) is 4.59. The SMILES string of the molecule is Brc1ccn2c(C3CCCCC3)ncc2c1. The third-order valence-corrected chi connectivity index (χ3v) is 3.99. The number of nitrogens with zero attached hydrogens (tertiary/aromatic N) is 2. The first-order valence-corrected chi connectivity index (χ1v) is 6.76. The van der Waals surface area contributed by atoms with E-state index in [-0.39, 0.29) is 0 Å². The van der Waals surface area contributed by atoms with Gasteiger partial charge in [0.2, 0.25) is 0 Å². The highest BCUT2D eigenvalue weighted by Gasteiger charge is 2.19. The molecular weight excluding hydrogens is 264 g/mol. The Morgan fingerprint density at radius 1 is 1.25 bits per heavy atom. The predicted molar refractivity (Wildman–Crippen MR) is 68.7 cm³/mol. The van der Waals surface area contributed by atoms with Gasteiger partial charge < -0.3 is 4.40 Å². The number of hydrogen-bond donors (Lipinski definition) is 0. The largest absolute Gasteiger partial charge is 0.303 e. The lowest BCUT2D eigenvalue weighted by atomic mass is 9.89. The predicted octanol–water partition coefficient (Wildman–Crippen LogP) is 4.14. The van der Waals surface area contributed by atoms with Gasteiger partial charge in [0, 0.05) is 16.6 Å². The highest BCUT2D eigenvalue weighted by Crippen LogP contribution is 2.32. The Balaban J connectivity index is 2.03. The molecule has 2 nitrogen and oxygen atoms in total. The van der Waals surface area contributed by atoms with Crippen LogP contribution < -0.4 is 0 Å². The van der Waals surface area contributed by atoms with E-state index in [1.807, 2.05) is 6.20 Å². The smallest absolute Gasteiger partial charge is 0.116 e. The van der Waals surface area contributed by atoms with Gasteiger partial charge in [0.15, 0.2) is 0 Å². The Morgan fingerprint density at radius 3 is 2.88 bits per heavy atom. The molecule has 0 bridgehead atoms. The summed E-state index contributed by atoms with van der Waals surface area (Å²) in [4.78, 5) is 4.60. The summed E-state index contributed by atoms with van der Waals surface area (Å²) in [5.41, 5.74) is 1.19. The average Bonchev–Trinajstić information content (AvgIpc) is 2.73. The number of aromatic nitrogens is 2. The van der Waals surface area contributed by atoms with Crippen LogP contribution in [0.3, 0.4) is 0 Å². The Kier molecular flexibility index (Phi) is 2.72. The van der Waals surface area contributed by atoms with Crippen LogP contribution in [-0.2, 0) is 0 Å². The van der Waals surface area contributed by atoms with Crippen molar-refractivity contribution in [3.8, 4) is 0 Å². The summed E-state index contributed by atoms with van der Waals surface area (Å²) in [7, 11) is 0. The summed E-state index contributed by atoms with van der Waals surface area (Å²) in [6.07, 6.45) is 10.8. The van der Waals surface area contributed by atoms with Crippen LogP contribution in [0.1, 0.15) is 43.8 Å². The molecule has 1 aliphatic rings. The molecule has 0 amide bonds. The second-order valence-corrected chi connectivity index (χ2v) is 5.51. The molecule has 0 atom stereocenters. The van der Waals surface area contributed by atoms with Crippen molar-refractivity contribution in [3.05, 3.63) is 34.8 Å². The summed E-state index contributed by atoms with van der Waals surface area (Å²) in [6, 6.07) is 4.21. The highest BCUT2D eigenvalue weighted by molar-refractivity contribution is 9.10. The Labute approximate surface area is 104 Å². The minimum Gasteiger partial charge on any atom is -0.303 e. The van der Waals surface area contributed by atoms with E-state index in [0.717, 1.165) is 4.47 Å². The first-order valence-electron chi connectivity index (χ1n) is 5.97. The maximum atomic E-state index is 4.60. The lowest BCUT2D eigenvalue weighted by molar-refractivity contribution is 0.428. The molecule has 0 spiro atoms. The molecule has 2 aromatic rings. The zero-order valence-electron chi connectivity index (χ0n) is 9.19. The Hall–Kier alpha value is -0.830. The quantitative estimate of drug-likeness (QED) is 0.766. The summed E-state index contributed by atoms with van der Waals surface area (Å²) in [5.74, 6) is 1.92. The van der Waals surface area contributed by atoms with Crippen molar-refractivity contribution in [2.45, 2.75) is 38.0 Å². The fourth-order valence-electron chi connectivity index (χ4n) is 2.66. The number of fused-ring (bicyclic) bond motifs is 1. The zero-order chi connectivity index (χ0) is 11.0. The maximum absolute atomic E-state index is 4.60. The van der Waals surface area contributed by atoms with Crippen molar-refractivity contribution >= 4 is 21.4 Å². The number of halogens is 1. The van der Waals surface area contributed by atoms with Crippen LogP contribution in [0, 0.1) is 0 Å². The van der Waals surface area contributed by atoms with Crippen molar-refractivity contribution in [1.29, 1.82) is 0 Å². The molecule has 0 aromatic carbocycles. The van der Waals surface area contributed by atoms with E-state index in [0.29, 0.717) is 5.92 Å². The lowest BCUT2D eigenvalue weighted by Gasteiger charge is -2.20. The molecule has 0 unspecified atom stereocenters. The standard InChI is InChI=1S/C13H15BrN2/c14-11-6-7-16-12(8-11)9-15-13(16)10-4-2-1-3-5-10/h6-10H,1-5H2. The monoisotopic (exact) mass is 278 g/mol. The molecule has 1 aliphatic carbocycles. The zero-order valence-corrected chi connectivity index (χ0v) is 10.8. The van der Waals surface area contributed by atoms with Crippen molar-refractivity contribution in [1.82, 2.24) is 9.38 Å². The second kappa shape index (κ2) is 4.21. The van der Waals surface area contributed by atoms with Gasteiger partial charge in [-0.05, 0) is 25.0 Å². The molecule has 2 heterocycles. The van der Waals surface area contributed by atoms with E-state index in [1.54, 1.807) is 0 Å². The van der Waals surface area contributed by atoms with Crippen molar-refractivity contribution < 1.29 is 0 Å². The molecule has 1 saturated carbocycles. The highest BCUT2D eigenvalue weighted by atomic mass is 79.9. The molecular formula is C13H15BrN2. The van der Waals surface area contributed by atoms with Crippen LogP contribution in [0.5, 0.6) is 0 Å². The number of pyridine rings is 1. The van der Waals surface area contributed by atoms with Crippen LogP contribution >= 0.6 is 15.9 Å². The van der Waals surface area contributed by atoms with Gasteiger partial charge >= 0.3 is 0 Å². The summed E-state index contributed by atoms with van der Waals surface area (Å²) >= 11 is 3.50. The van der Waals surface area contributed by atoms with Gasteiger partial charge in [0.25, 0.3) is 0 Å². The minimum atomic E-state index is 0.664. The fourth-order valence-corrected chi connectivity index (χ4v) is 3.01. The fraction of sp³-hybridized carbons (Fsp3) is 0.462. The third-order valence-electron chi connectivity index (χ3n) is 3.49. The molecule has 3 heteroatoms. The molecule has 84 valence electrons. The van der Waals surface area contributed by atoms with E-state index >= 15 is 0 Å². The molecule has 2 aromatic heterocycles. The minimum absolute atomic E-state index is 0.664. The lowest BCUT2D eigenvalue weighted by Crippen LogP contribution is -2.08. The normalized spacial score (nSPS) is 18.1. The maximum Gasteiger partial charge on any atom is 0.116 e. The number of hydrogen-bond acceptors (Lipinski definition) is 1. The summed E-state index contributed by atoms with van der Waals surface area (Å²) in [5, 5.41) is 0. The van der Waals surface area contributed by atoms with E-state index in [4.69, 9.17) is 0 Å². The first kappa shape index (κ1) is 10.3. The van der Waals surface area contributed by atoms with Gasteiger partial charge in [-0.15, -0.1) is 0 Å². The first-order chi connectivity index (χ1) is 7.84. The van der Waals surface area contributed by atoms with Crippen LogP contribution in [0.25, 0.3) is 5.52 Å². The van der Waals surface area contributed by atoms with E-state index in [9.17, 15) is 0 Å². The van der Waals surface area contributed by atoms with Gasteiger partial charge in [-0.1, -0.05) is 35.2 Å². The summed E-state index contributed by atoms with van der Waals surface area (Å²) in [6.45, 7) is 0. The van der Waals surface area contributed by atoms with E-state index < -0.39 is 0 Å². The van der Waals surface area contributed by atoms with Crippen molar-refractivity contribution in [2.24, 2.45) is 0 Å². The van der Waals surface area contributed by atoms with E-state index in [2.05, 4.69) is 43.6 Å². The van der Waals surface area contributed by atoms with Gasteiger partial charge in [-0.2, -0.15) is 0 Å². The van der Waals surface area contributed by atoms with Crippen LogP contribution in [0.15, 0.2) is 29.0 Å². The van der Waals surface area contributed by atoms with Gasteiger partial charge in [0.05, 0.1) is 11.7 Å². The van der Waals surface area contributed by atoms with Crippen LogP contribution in [0.4, 0.5) is 0 Å². The van der Waals surface area contributed by atoms with Gasteiger partial charge in [-0.25, -0.2) is 4.98 Å². The van der Waals surface area contributed by atoms with Crippen molar-refractivity contribution in [3.63, 3.8) is 0 Å². The van der Waals surface area contributed by atoms with E-state index in [1.165, 1.54) is 43.4 Å². The average molecular weight is 279 g/mol. The summed E-state index contributed by atoms with van der Waals surface area (Å²) < 4.78 is 3.36. The number of imidazole rings is 1. The van der Waals surface area contributed by atoms with Gasteiger partial charge in [0.1, 0.15) is 5.82 Å². The van der Waals surface area contributed by atoms with Crippen LogP contribution in [-0.4, -0.2) is 9.38 Å². The number of rotatable bonds is 1. The van der Waals surface area contributed by atoms with Crippen LogP contribution in [0.2, 0.25) is 0 Å². The molecule has 3 rings (SSSR count).